The fraction of sp³-hybridized carbons (Fsp3) is 0.167. The van der Waals surface area contributed by atoms with E-state index in [2.05, 4.69) is 10.2 Å². The normalized spacial score (nSPS) is 12.4. The van der Waals surface area contributed by atoms with Gasteiger partial charge in [0, 0.05) is 12.2 Å². The average molecular weight is 268 g/mol. The number of nitrogens with two attached hydrogens (primary N) is 1. The predicted octanol–water partition coefficient (Wildman–Crippen LogP) is 3.03. The van der Waals surface area contributed by atoms with Crippen LogP contribution in [0.4, 0.5) is 0 Å². The molecule has 0 spiro atoms. The lowest BCUT2D eigenvalue weighted by molar-refractivity contribution is 0.713. The molecule has 1 heterocycles. The Balaban J connectivity index is 2.19. The molecule has 1 unspecified atom stereocenters. The van der Waals surface area contributed by atoms with Crippen LogP contribution in [0.15, 0.2) is 36.7 Å². The minimum absolute atomic E-state index is 0.165. The maximum absolute atomic E-state index is 6.11. The lowest BCUT2D eigenvalue weighted by Crippen LogP contribution is -2.14. The molecular weight excluding hydrogens is 257 g/mol. The smallest absolute Gasteiger partial charge is 0.0624 e. The number of hydrogen-bond donors (Lipinski definition) is 1. The van der Waals surface area contributed by atoms with Gasteiger partial charge in [-0.2, -0.15) is 10.2 Å². The van der Waals surface area contributed by atoms with Gasteiger partial charge < -0.3 is 5.73 Å². The van der Waals surface area contributed by atoms with E-state index in [0.29, 0.717) is 16.5 Å². The van der Waals surface area contributed by atoms with Crippen LogP contribution in [0.1, 0.15) is 17.2 Å². The van der Waals surface area contributed by atoms with Gasteiger partial charge in [-0.3, -0.25) is 0 Å². The van der Waals surface area contributed by atoms with E-state index in [4.69, 9.17) is 28.9 Å². The van der Waals surface area contributed by atoms with Crippen LogP contribution in [0.2, 0.25) is 10.0 Å². The van der Waals surface area contributed by atoms with Crippen LogP contribution in [0, 0.1) is 0 Å². The molecule has 3 nitrogen and oxygen atoms in total. The van der Waals surface area contributed by atoms with Crippen LogP contribution in [0.25, 0.3) is 0 Å². The highest BCUT2D eigenvalue weighted by molar-refractivity contribution is 6.42. The summed E-state index contributed by atoms with van der Waals surface area (Å²) < 4.78 is 0. The molecule has 1 atom stereocenters. The molecular formula is C12H11Cl2N3. The van der Waals surface area contributed by atoms with Gasteiger partial charge in [0.1, 0.15) is 0 Å². The summed E-state index contributed by atoms with van der Waals surface area (Å²) in [6.45, 7) is 0. The monoisotopic (exact) mass is 267 g/mol. The van der Waals surface area contributed by atoms with Crippen molar-refractivity contribution in [1.82, 2.24) is 10.2 Å². The Morgan fingerprint density at radius 3 is 2.71 bits per heavy atom. The number of nitrogens with zero attached hydrogens (tertiary/aromatic N) is 2. The van der Waals surface area contributed by atoms with Crippen molar-refractivity contribution in [2.24, 2.45) is 5.73 Å². The fourth-order valence-electron chi connectivity index (χ4n) is 1.58. The molecule has 2 rings (SSSR count). The van der Waals surface area contributed by atoms with E-state index < -0.39 is 0 Å². The van der Waals surface area contributed by atoms with Crippen LogP contribution in [0.5, 0.6) is 0 Å². The van der Waals surface area contributed by atoms with Crippen molar-refractivity contribution in [2.75, 3.05) is 0 Å². The Hall–Kier alpha value is -1.16. The second-order valence-electron chi connectivity index (χ2n) is 3.70. The summed E-state index contributed by atoms with van der Waals surface area (Å²) in [6.07, 6.45) is 3.89. The Labute approximate surface area is 110 Å². The first kappa shape index (κ1) is 12.3. The van der Waals surface area contributed by atoms with Crippen LogP contribution in [-0.2, 0) is 6.42 Å². The van der Waals surface area contributed by atoms with E-state index in [1.54, 1.807) is 18.5 Å². The first-order valence-electron chi connectivity index (χ1n) is 5.13. The van der Waals surface area contributed by atoms with E-state index >= 15 is 0 Å². The largest absolute Gasteiger partial charge is 0.324 e. The molecule has 0 aliphatic rings. The van der Waals surface area contributed by atoms with Crippen LogP contribution in [0.3, 0.4) is 0 Å². The van der Waals surface area contributed by atoms with Crippen molar-refractivity contribution >= 4 is 23.2 Å². The molecule has 0 bridgehead atoms. The van der Waals surface area contributed by atoms with Gasteiger partial charge in [-0.05, 0) is 29.7 Å². The van der Waals surface area contributed by atoms with E-state index in [0.717, 1.165) is 11.1 Å². The molecule has 1 aromatic carbocycles. The molecule has 0 amide bonds. The zero-order valence-corrected chi connectivity index (χ0v) is 10.5. The van der Waals surface area contributed by atoms with Crippen molar-refractivity contribution in [2.45, 2.75) is 12.5 Å². The Bertz CT molecular complexity index is 502. The summed E-state index contributed by atoms with van der Waals surface area (Å²) >= 11 is 12.1. The lowest BCUT2D eigenvalue weighted by Gasteiger charge is -2.12. The third-order valence-electron chi connectivity index (χ3n) is 2.51. The molecule has 2 aromatic rings. The molecule has 1 aromatic heterocycles. The molecule has 5 heteroatoms. The van der Waals surface area contributed by atoms with Crippen LogP contribution >= 0.6 is 23.2 Å². The minimum Gasteiger partial charge on any atom is -0.324 e. The standard InChI is InChI=1S/C12H11Cl2N3/c13-10-3-1-2-8(12(10)14)6-11(15)9-4-5-16-17-7-9/h1-5,7,11H,6,15H2. The summed E-state index contributed by atoms with van der Waals surface area (Å²) in [5.74, 6) is 0. The molecule has 0 aliphatic heterocycles. The van der Waals surface area contributed by atoms with Gasteiger partial charge in [0.2, 0.25) is 0 Å². The number of hydrogen-bond acceptors (Lipinski definition) is 3. The SMILES string of the molecule is NC(Cc1cccc(Cl)c1Cl)c1ccnnc1. The van der Waals surface area contributed by atoms with Gasteiger partial charge in [0.15, 0.2) is 0 Å². The molecule has 0 fully saturated rings. The Kier molecular flexibility index (Phi) is 3.94. The van der Waals surface area contributed by atoms with Gasteiger partial charge in [0.05, 0.1) is 16.2 Å². The zero-order chi connectivity index (χ0) is 12.3. The van der Waals surface area contributed by atoms with Crippen molar-refractivity contribution in [3.05, 3.63) is 57.8 Å². The minimum atomic E-state index is -0.165. The highest BCUT2D eigenvalue weighted by atomic mass is 35.5. The van der Waals surface area contributed by atoms with Crippen molar-refractivity contribution in [3.63, 3.8) is 0 Å². The number of benzene rings is 1. The number of halogens is 2. The third-order valence-corrected chi connectivity index (χ3v) is 3.36. The topological polar surface area (TPSA) is 51.8 Å². The highest BCUT2D eigenvalue weighted by Gasteiger charge is 2.11. The van der Waals surface area contributed by atoms with Crippen molar-refractivity contribution in [3.8, 4) is 0 Å². The summed E-state index contributed by atoms with van der Waals surface area (Å²) in [7, 11) is 0. The average Bonchev–Trinajstić information content (AvgIpc) is 2.36. The van der Waals surface area contributed by atoms with E-state index in [1.165, 1.54) is 0 Å². The Morgan fingerprint density at radius 1 is 1.18 bits per heavy atom. The summed E-state index contributed by atoms with van der Waals surface area (Å²) in [4.78, 5) is 0. The zero-order valence-electron chi connectivity index (χ0n) is 8.98. The van der Waals surface area contributed by atoms with Gasteiger partial charge in [-0.25, -0.2) is 0 Å². The van der Waals surface area contributed by atoms with E-state index in [9.17, 15) is 0 Å². The van der Waals surface area contributed by atoms with Crippen LogP contribution in [-0.4, -0.2) is 10.2 Å². The first-order chi connectivity index (χ1) is 8.18. The molecule has 17 heavy (non-hydrogen) atoms. The van der Waals surface area contributed by atoms with Gasteiger partial charge in [-0.15, -0.1) is 0 Å². The summed E-state index contributed by atoms with van der Waals surface area (Å²) in [5, 5.41) is 8.62. The Morgan fingerprint density at radius 2 is 2.00 bits per heavy atom. The second kappa shape index (κ2) is 5.45. The maximum atomic E-state index is 6.11. The lowest BCUT2D eigenvalue weighted by atomic mass is 10.0. The molecule has 0 saturated carbocycles. The van der Waals surface area contributed by atoms with Crippen molar-refractivity contribution in [1.29, 1.82) is 0 Å². The molecule has 88 valence electrons. The molecule has 0 radical (unpaired) electrons. The summed E-state index contributed by atoms with van der Waals surface area (Å²) in [5.41, 5.74) is 7.94. The number of rotatable bonds is 3. The number of aromatic nitrogens is 2. The predicted molar refractivity (Wildman–Crippen MR) is 69.1 cm³/mol. The second-order valence-corrected chi connectivity index (χ2v) is 4.48. The highest BCUT2D eigenvalue weighted by Crippen LogP contribution is 2.28. The van der Waals surface area contributed by atoms with Crippen LogP contribution < -0.4 is 5.73 Å². The quantitative estimate of drug-likeness (QED) is 0.930. The molecule has 0 saturated heterocycles. The molecule has 2 N–H and O–H groups in total. The third kappa shape index (κ3) is 2.94. The van der Waals surface area contributed by atoms with E-state index in [-0.39, 0.29) is 6.04 Å². The summed E-state index contributed by atoms with van der Waals surface area (Å²) in [6, 6.07) is 7.22. The van der Waals surface area contributed by atoms with Gasteiger partial charge >= 0.3 is 0 Å². The fourth-order valence-corrected chi connectivity index (χ4v) is 1.98. The van der Waals surface area contributed by atoms with Gasteiger partial charge in [-0.1, -0.05) is 35.3 Å². The molecule has 0 aliphatic carbocycles. The van der Waals surface area contributed by atoms with Gasteiger partial charge in [0.25, 0.3) is 0 Å². The first-order valence-corrected chi connectivity index (χ1v) is 5.89. The maximum Gasteiger partial charge on any atom is 0.0624 e. The van der Waals surface area contributed by atoms with E-state index in [1.807, 2.05) is 18.2 Å². The van der Waals surface area contributed by atoms with Crippen molar-refractivity contribution < 1.29 is 0 Å².